The predicted molar refractivity (Wildman–Crippen MR) is 113 cm³/mol. The first-order valence-electron chi connectivity index (χ1n) is 11.9. The lowest BCUT2D eigenvalue weighted by Gasteiger charge is -2.92. The van der Waals surface area contributed by atoms with Gasteiger partial charge in [-0.15, -0.1) is 0 Å². The molecule has 0 saturated heterocycles. The van der Waals surface area contributed by atoms with E-state index in [0.717, 1.165) is 29.6 Å². The van der Waals surface area contributed by atoms with Crippen LogP contribution in [-0.2, 0) is 0 Å². The van der Waals surface area contributed by atoms with Gasteiger partial charge in [0, 0.05) is 0 Å². The Kier molecular flexibility index (Phi) is 2.25. The molecular formula is C27H44. The molecule has 0 heterocycles. The van der Waals surface area contributed by atoms with Gasteiger partial charge in [-0.05, 0) is 78.3 Å². The van der Waals surface area contributed by atoms with E-state index >= 15 is 0 Å². The molecule has 7 fully saturated rings. The third-order valence-electron chi connectivity index (χ3n) is 17.1. The number of fused-ring (bicyclic) bond motifs is 1. The Morgan fingerprint density at radius 3 is 1.22 bits per heavy atom. The van der Waals surface area contributed by atoms with E-state index in [4.69, 9.17) is 0 Å². The van der Waals surface area contributed by atoms with Crippen molar-refractivity contribution in [3.8, 4) is 0 Å². The second-order valence-electron chi connectivity index (χ2n) is 14.7. The van der Waals surface area contributed by atoms with Crippen molar-refractivity contribution in [2.45, 2.75) is 90.0 Å². The summed E-state index contributed by atoms with van der Waals surface area (Å²) in [5, 5.41) is 0. The first kappa shape index (κ1) is 17.8. The zero-order valence-corrected chi connectivity index (χ0v) is 20.4. The topological polar surface area (TPSA) is 0 Å². The van der Waals surface area contributed by atoms with Crippen LogP contribution in [-0.4, -0.2) is 0 Å². The van der Waals surface area contributed by atoms with Crippen molar-refractivity contribution in [2.24, 2.45) is 78.3 Å². The Labute approximate surface area is 168 Å². The third-order valence-corrected chi connectivity index (χ3v) is 17.1. The zero-order valence-electron chi connectivity index (χ0n) is 20.4. The lowest BCUT2D eigenvalue weighted by Crippen LogP contribution is -2.88. The van der Waals surface area contributed by atoms with Crippen LogP contribution in [0, 0.1) is 78.3 Å². The molecule has 7 rings (SSSR count). The molecule has 0 N–H and O–H groups in total. The average molecular weight is 369 g/mol. The minimum Gasteiger partial charge on any atom is -0.0616 e. The summed E-state index contributed by atoms with van der Waals surface area (Å²) in [6.07, 6.45) is 0. The summed E-state index contributed by atoms with van der Waals surface area (Å²) in [6.45, 7) is 35.8. The van der Waals surface area contributed by atoms with Gasteiger partial charge in [-0.25, -0.2) is 0 Å². The molecular weight excluding hydrogens is 324 g/mol. The standard InChI is InChI=1S/C27H44/c1-14-17-18-16-15(2)22(8)24(17,10)27(13)19(3,4)21(14,7)26(22,12)20(5,6)23(16,9)25(18,27)11/h14-18H,1-13H3. The summed E-state index contributed by atoms with van der Waals surface area (Å²) in [7, 11) is 0. The largest absolute Gasteiger partial charge is 0.0616 e. The number of hydrogen-bond donors (Lipinski definition) is 0. The van der Waals surface area contributed by atoms with Crippen LogP contribution < -0.4 is 0 Å². The van der Waals surface area contributed by atoms with Gasteiger partial charge < -0.3 is 0 Å². The van der Waals surface area contributed by atoms with Crippen molar-refractivity contribution in [2.75, 3.05) is 0 Å². The Hall–Kier alpha value is 0. The summed E-state index contributed by atoms with van der Waals surface area (Å²) in [4.78, 5) is 0. The maximum atomic E-state index is 2.81. The molecule has 12 atom stereocenters. The van der Waals surface area contributed by atoms with Crippen molar-refractivity contribution in [1.82, 2.24) is 0 Å². The van der Waals surface area contributed by atoms with E-state index in [1.165, 1.54) is 0 Å². The predicted octanol–water partition coefficient (Wildman–Crippen LogP) is 7.29. The van der Waals surface area contributed by atoms with Gasteiger partial charge >= 0.3 is 0 Å². The molecule has 0 spiro atoms. The maximum absolute atomic E-state index is 2.81. The molecule has 152 valence electrons. The molecule has 7 saturated carbocycles. The second-order valence-corrected chi connectivity index (χ2v) is 14.7. The Morgan fingerprint density at radius 1 is 0.370 bits per heavy atom. The molecule has 0 aliphatic heterocycles. The highest BCUT2D eigenvalue weighted by molar-refractivity contribution is 5.53. The molecule has 0 radical (unpaired) electrons. The van der Waals surface area contributed by atoms with Gasteiger partial charge in [0.25, 0.3) is 0 Å². The molecule has 0 aromatic carbocycles. The summed E-state index contributed by atoms with van der Waals surface area (Å²) in [5.41, 5.74) is 3.63. The highest BCUT2D eigenvalue weighted by Gasteiger charge is 3.06. The molecule has 7 bridgehead atoms. The van der Waals surface area contributed by atoms with Crippen LogP contribution in [0.15, 0.2) is 0 Å². The quantitative estimate of drug-likeness (QED) is 0.421. The van der Waals surface area contributed by atoms with Crippen molar-refractivity contribution < 1.29 is 0 Å². The van der Waals surface area contributed by atoms with Crippen LogP contribution >= 0.6 is 0 Å². The van der Waals surface area contributed by atoms with Gasteiger partial charge in [-0.1, -0.05) is 90.0 Å². The Bertz CT molecular complexity index is 829. The Balaban J connectivity index is 1.96. The van der Waals surface area contributed by atoms with Gasteiger partial charge in [0.05, 0.1) is 0 Å². The fraction of sp³-hybridized carbons (Fsp3) is 1.00. The fourth-order valence-corrected chi connectivity index (χ4v) is 15.5. The minimum atomic E-state index is 0.354. The SMILES string of the molecule is CC1C2C3C4C(C)C5(C)C2(C)C2(C)C(C)(C)C1(C)C5(C)C(C)(C)C4(C)C32C. The number of hydrogen-bond acceptors (Lipinski definition) is 0. The van der Waals surface area contributed by atoms with Crippen molar-refractivity contribution in [3.63, 3.8) is 0 Å². The molecule has 7 aliphatic carbocycles. The van der Waals surface area contributed by atoms with E-state index in [9.17, 15) is 0 Å². The lowest BCUT2D eigenvalue weighted by molar-refractivity contribution is -0.457. The molecule has 0 amide bonds. The Morgan fingerprint density at radius 2 is 0.704 bits per heavy atom. The summed E-state index contributed by atoms with van der Waals surface area (Å²) < 4.78 is 0. The molecule has 12 unspecified atom stereocenters. The van der Waals surface area contributed by atoms with Crippen LogP contribution in [0.4, 0.5) is 0 Å². The van der Waals surface area contributed by atoms with Crippen LogP contribution in [0.25, 0.3) is 0 Å². The maximum Gasteiger partial charge on any atom is -0.0145 e. The summed E-state index contributed by atoms with van der Waals surface area (Å²) >= 11 is 0. The van der Waals surface area contributed by atoms with E-state index < -0.39 is 0 Å². The van der Waals surface area contributed by atoms with Gasteiger partial charge in [0.2, 0.25) is 0 Å². The molecule has 0 heteroatoms. The molecule has 0 nitrogen and oxygen atoms in total. The molecule has 7 aliphatic rings. The average Bonchev–Trinajstić information content (AvgIpc) is 2.66. The van der Waals surface area contributed by atoms with Crippen LogP contribution in [0.1, 0.15) is 90.0 Å². The monoisotopic (exact) mass is 368 g/mol. The summed E-state index contributed by atoms with van der Waals surface area (Å²) in [6, 6.07) is 0. The summed E-state index contributed by atoms with van der Waals surface area (Å²) in [5.74, 6) is 4.48. The van der Waals surface area contributed by atoms with Gasteiger partial charge in [0.1, 0.15) is 0 Å². The van der Waals surface area contributed by atoms with Gasteiger partial charge in [-0.3, -0.25) is 0 Å². The van der Waals surface area contributed by atoms with Crippen LogP contribution in [0.3, 0.4) is 0 Å². The van der Waals surface area contributed by atoms with Crippen molar-refractivity contribution in [3.05, 3.63) is 0 Å². The smallest absolute Gasteiger partial charge is 0.0145 e. The lowest BCUT2D eigenvalue weighted by atomic mass is 9.11. The van der Waals surface area contributed by atoms with Gasteiger partial charge in [0.15, 0.2) is 0 Å². The van der Waals surface area contributed by atoms with E-state index in [1.807, 2.05) is 0 Å². The molecule has 27 heavy (non-hydrogen) atoms. The minimum absolute atomic E-state index is 0.354. The van der Waals surface area contributed by atoms with Crippen LogP contribution in [0.2, 0.25) is 0 Å². The second kappa shape index (κ2) is 3.41. The van der Waals surface area contributed by atoms with E-state index in [1.54, 1.807) is 0 Å². The normalized spacial score (nSPS) is 78.3. The number of rotatable bonds is 0. The fourth-order valence-electron chi connectivity index (χ4n) is 15.5. The first-order chi connectivity index (χ1) is 11.9. The zero-order chi connectivity index (χ0) is 20.4. The third kappa shape index (κ3) is 0.810. The van der Waals surface area contributed by atoms with E-state index in [-0.39, 0.29) is 0 Å². The van der Waals surface area contributed by atoms with E-state index in [2.05, 4.69) is 90.0 Å². The highest BCUT2D eigenvalue weighted by Crippen LogP contribution is 3.10. The first-order valence-corrected chi connectivity index (χ1v) is 11.9. The van der Waals surface area contributed by atoms with Crippen LogP contribution in [0.5, 0.6) is 0 Å². The van der Waals surface area contributed by atoms with Crippen molar-refractivity contribution in [1.29, 1.82) is 0 Å². The highest BCUT2D eigenvalue weighted by atomic mass is 15.1. The molecule has 0 aromatic rings. The van der Waals surface area contributed by atoms with E-state index in [0.29, 0.717) is 48.7 Å². The molecule has 0 aromatic heterocycles. The van der Waals surface area contributed by atoms with Gasteiger partial charge in [-0.2, -0.15) is 0 Å². The van der Waals surface area contributed by atoms with Crippen molar-refractivity contribution >= 4 is 0 Å².